The molecular formula is C31H22F4N4O4S. The molecule has 0 aliphatic rings. The number of hydrogen-bond acceptors (Lipinski definition) is 6. The van der Waals surface area contributed by atoms with Crippen molar-refractivity contribution in [3.63, 3.8) is 0 Å². The Morgan fingerprint density at radius 1 is 0.864 bits per heavy atom. The summed E-state index contributed by atoms with van der Waals surface area (Å²) in [6.07, 6.45) is -5.55. The molecule has 6 aromatic rings. The van der Waals surface area contributed by atoms with Gasteiger partial charge in [0.25, 0.3) is 5.56 Å². The molecule has 224 valence electrons. The molecule has 0 aliphatic heterocycles. The molecule has 6 rings (SSSR count). The van der Waals surface area contributed by atoms with Crippen LogP contribution >= 0.6 is 11.3 Å². The Hall–Kier alpha value is -5.04. The minimum atomic E-state index is -4.49. The van der Waals surface area contributed by atoms with Gasteiger partial charge in [0.1, 0.15) is 10.6 Å². The zero-order valence-corrected chi connectivity index (χ0v) is 23.5. The molecule has 0 bridgehead atoms. The van der Waals surface area contributed by atoms with Crippen molar-refractivity contribution in [3.8, 4) is 22.5 Å². The van der Waals surface area contributed by atoms with Gasteiger partial charge in [-0.25, -0.2) is 14.0 Å². The predicted molar refractivity (Wildman–Crippen MR) is 157 cm³/mol. The molecule has 0 unspecified atom stereocenters. The third kappa shape index (κ3) is 6.04. The number of alkyl halides is 3. The van der Waals surface area contributed by atoms with Crippen LogP contribution in [0.2, 0.25) is 0 Å². The molecule has 0 aliphatic carbocycles. The van der Waals surface area contributed by atoms with E-state index in [0.29, 0.717) is 16.7 Å². The number of nitrogens with one attached hydrogen (secondary N) is 1. The van der Waals surface area contributed by atoms with Crippen molar-refractivity contribution in [2.24, 2.45) is 0 Å². The van der Waals surface area contributed by atoms with Crippen molar-refractivity contribution in [2.75, 3.05) is 0 Å². The lowest BCUT2D eigenvalue weighted by Gasteiger charge is -2.13. The summed E-state index contributed by atoms with van der Waals surface area (Å²) in [4.78, 5) is 41.1. The van der Waals surface area contributed by atoms with E-state index in [2.05, 4.69) is 14.7 Å². The Kier molecular flexibility index (Phi) is 7.64. The lowest BCUT2D eigenvalue weighted by molar-refractivity contribution is -0.126. The molecule has 0 saturated heterocycles. The maximum atomic E-state index is 13.7. The highest BCUT2D eigenvalue weighted by Gasteiger charge is 2.29. The number of aryl methyl sites for hydroxylation is 1. The molecule has 13 heteroatoms. The monoisotopic (exact) mass is 622 g/mol. The molecular weight excluding hydrogens is 600 g/mol. The summed E-state index contributed by atoms with van der Waals surface area (Å²) in [5.74, 6) is -0.889. The van der Waals surface area contributed by atoms with Crippen LogP contribution in [-0.2, 0) is 25.9 Å². The second kappa shape index (κ2) is 11.6. The van der Waals surface area contributed by atoms with Crippen molar-refractivity contribution >= 4 is 21.6 Å². The van der Waals surface area contributed by atoms with E-state index >= 15 is 0 Å². The molecule has 1 N–H and O–H groups in total. The van der Waals surface area contributed by atoms with Crippen molar-refractivity contribution in [1.29, 1.82) is 0 Å². The highest BCUT2D eigenvalue weighted by atomic mass is 32.1. The first-order valence-corrected chi connectivity index (χ1v) is 14.2. The van der Waals surface area contributed by atoms with Gasteiger partial charge >= 0.3 is 17.6 Å². The highest BCUT2D eigenvalue weighted by molar-refractivity contribution is 7.18. The average Bonchev–Trinajstić information content (AvgIpc) is 3.61. The van der Waals surface area contributed by atoms with Crippen LogP contribution in [0.4, 0.5) is 17.6 Å². The molecule has 0 atom stereocenters. The topological polar surface area (TPSA) is 103 Å². The summed E-state index contributed by atoms with van der Waals surface area (Å²) < 4.78 is 60.3. The number of fused-ring (bicyclic) bond motifs is 1. The summed E-state index contributed by atoms with van der Waals surface area (Å²) in [6, 6.07) is 21.3. The van der Waals surface area contributed by atoms with E-state index in [1.165, 1.54) is 28.8 Å². The van der Waals surface area contributed by atoms with Crippen molar-refractivity contribution in [3.05, 3.63) is 132 Å². The lowest BCUT2D eigenvalue weighted by Crippen LogP contribution is -2.40. The number of hydrogen-bond donors (Lipinski definition) is 1. The summed E-state index contributed by atoms with van der Waals surface area (Å²) in [7, 11) is 0. The van der Waals surface area contributed by atoms with Gasteiger partial charge in [0, 0.05) is 17.0 Å². The number of rotatable bonds is 8. The smallest absolute Gasteiger partial charge is 0.296 e. The number of thiophene rings is 1. The van der Waals surface area contributed by atoms with Crippen LogP contribution in [0.3, 0.4) is 0 Å². The third-order valence-electron chi connectivity index (χ3n) is 7.06. The van der Waals surface area contributed by atoms with Crippen LogP contribution in [0.15, 0.2) is 97.8 Å². The Morgan fingerprint density at radius 2 is 1.61 bits per heavy atom. The molecule has 8 nitrogen and oxygen atoms in total. The second-order valence-electron chi connectivity index (χ2n) is 10.1. The van der Waals surface area contributed by atoms with E-state index in [-0.39, 0.29) is 40.4 Å². The average molecular weight is 623 g/mol. The van der Waals surface area contributed by atoms with E-state index in [1.54, 1.807) is 42.5 Å². The first-order chi connectivity index (χ1) is 21.1. The highest BCUT2D eigenvalue weighted by Crippen LogP contribution is 2.31. The third-order valence-corrected chi connectivity index (χ3v) is 8.22. The van der Waals surface area contributed by atoms with Gasteiger partial charge in [-0.2, -0.15) is 13.2 Å². The molecule has 0 radical (unpaired) electrons. The van der Waals surface area contributed by atoms with E-state index in [9.17, 15) is 31.9 Å². The van der Waals surface area contributed by atoms with Crippen LogP contribution in [-0.4, -0.2) is 25.5 Å². The van der Waals surface area contributed by atoms with Gasteiger partial charge in [0.15, 0.2) is 5.82 Å². The van der Waals surface area contributed by atoms with E-state index < -0.39 is 35.4 Å². The first-order valence-electron chi connectivity index (χ1n) is 13.4. The summed E-state index contributed by atoms with van der Waals surface area (Å²) in [6.45, 7) is -0.0958. The van der Waals surface area contributed by atoms with Crippen molar-refractivity contribution in [1.82, 2.24) is 19.3 Å². The van der Waals surface area contributed by atoms with Gasteiger partial charge in [-0.1, -0.05) is 65.8 Å². The number of aromatic nitrogens is 4. The van der Waals surface area contributed by atoms with Gasteiger partial charge in [-0.3, -0.25) is 23.4 Å². The molecule has 0 spiro atoms. The van der Waals surface area contributed by atoms with Gasteiger partial charge in [0.2, 0.25) is 0 Å². The number of aromatic amines is 1. The standard InChI is InChI=1S/C31H22F4N4O4S/c32-21-5-3-4-18(14-21)12-13-38-27(40)25-15-22(16-31(33,34)35)44-28(25)39(30(38)42)17-19-8-10-20(11-9-19)23-6-1-2-7-24(23)26-36-29(41)43-37-26/h1-11,14-15H,12-13,16-17H2,(H,36,37,41). The van der Waals surface area contributed by atoms with Crippen LogP contribution in [0.25, 0.3) is 32.7 Å². The summed E-state index contributed by atoms with van der Waals surface area (Å²) in [5.41, 5.74) is 2.01. The Balaban J connectivity index is 1.38. The minimum absolute atomic E-state index is 0.0138. The predicted octanol–water partition coefficient (Wildman–Crippen LogP) is 5.77. The van der Waals surface area contributed by atoms with E-state index in [1.807, 2.05) is 12.1 Å². The zero-order valence-electron chi connectivity index (χ0n) is 22.7. The van der Waals surface area contributed by atoms with Crippen molar-refractivity contribution in [2.45, 2.75) is 32.1 Å². The van der Waals surface area contributed by atoms with Crippen LogP contribution in [0, 0.1) is 5.82 Å². The van der Waals surface area contributed by atoms with Crippen LogP contribution in [0.1, 0.15) is 16.0 Å². The first kappa shape index (κ1) is 29.1. The summed E-state index contributed by atoms with van der Waals surface area (Å²) >= 11 is 0.760. The molecule has 44 heavy (non-hydrogen) atoms. The molecule has 0 amide bonds. The Morgan fingerprint density at radius 3 is 2.30 bits per heavy atom. The van der Waals surface area contributed by atoms with Crippen molar-refractivity contribution < 1.29 is 22.1 Å². The zero-order chi connectivity index (χ0) is 31.0. The van der Waals surface area contributed by atoms with Gasteiger partial charge < -0.3 is 0 Å². The largest absolute Gasteiger partial charge is 0.439 e. The maximum Gasteiger partial charge on any atom is 0.439 e. The SMILES string of the molecule is O=c1[nH]c(-c2ccccc2-c2ccc(Cn3c(=O)n(CCc4cccc(F)c4)c(=O)c4cc(CC(F)(F)F)sc43)cc2)no1. The fourth-order valence-electron chi connectivity index (χ4n) is 5.06. The lowest BCUT2D eigenvalue weighted by atomic mass is 9.98. The Bertz CT molecular complexity index is 2160. The molecule has 0 saturated carbocycles. The number of nitrogens with zero attached hydrogens (tertiary/aromatic N) is 3. The minimum Gasteiger partial charge on any atom is -0.296 e. The fourth-order valence-corrected chi connectivity index (χ4v) is 6.23. The van der Waals surface area contributed by atoms with Crippen LogP contribution in [0.5, 0.6) is 0 Å². The second-order valence-corrected chi connectivity index (χ2v) is 11.2. The quantitative estimate of drug-likeness (QED) is 0.217. The van der Waals surface area contributed by atoms with Crippen LogP contribution < -0.4 is 17.0 Å². The van der Waals surface area contributed by atoms with Gasteiger partial charge in [-0.15, -0.1) is 11.3 Å². The van der Waals surface area contributed by atoms with Gasteiger partial charge in [0.05, 0.1) is 18.4 Å². The maximum absolute atomic E-state index is 13.7. The fraction of sp³-hybridized carbons (Fsp3) is 0.161. The number of halogens is 4. The Labute approximate surface area is 249 Å². The summed E-state index contributed by atoms with van der Waals surface area (Å²) in [5, 5.41) is 3.78. The van der Waals surface area contributed by atoms with E-state index in [4.69, 9.17) is 0 Å². The normalized spacial score (nSPS) is 11.8. The van der Waals surface area contributed by atoms with E-state index in [0.717, 1.165) is 27.0 Å². The molecule has 0 fully saturated rings. The molecule has 3 aromatic heterocycles. The van der Waals surface area contributed by atoms with Gasteiger partial charge in [-0.05, 0) is 46.9 Å². The number of H-pyrrole nitrogens is 1. The molecule has 3 aromatic carbocycles. The molecule has 3 heterocycles. The number of benzene rings is 3.